The first-order valence-electron chi connectivity index (χ1n) is 7.74. The quantitative estimate of drug-likeness (QED) is 0.629. The van der Waals surface area contributed by atoms with Crippen LogP contribution in [0, 0.1) is 5.92 Å². The van der Waals surface area contributed by atoms with Gasteiger partial charge in [0.2, 0.25) is 15.9 Å². The first kappa shape index (κ1) is 19.6. The fourth-order valence-corrected chi connectivity index (χ4v) is 3.52. The number of hydrogen-bond donors (Lipinski definition) is 3. The van der Waals surface area contributed by atoms with Crippen molar-refractivity contribution < 1.29 is 13.2 Å². The largest absolute Gasteiger partial charge is 0.350 e. The van der Waals surface area contributed by atoms with E-state index in [0.717, 1.165) is 6.42 Å². The molecule has 7 heteroatoms. The van der Waals surface area contributed by atoms with Gasteiger partial charge in [-0.1, -0.05) is 32.0 Å². The fraction of sp³-hybridized carbons (Fsp3) is 0.562. The van der Waals surface area contributed by atoms with Gasteiger partial charge in [0.05, 0.1) is 4.90 Å². The SMILES string of the molecule is CC(C)CC(C)(CN)NC(=O)CCNS(=O)(=O)c1ccccc1. The average Bonchev–Trinajstić information content (AvgIpc) is 2.47. The summed E-state index contributed by atoms with van der Waals surface area (Å²) in [4.78, 5) is 12.2. The molecule has 130 valence electrons. The Balaban J connectivity index is 2.51. The molecule has 0 heterocycles. The second-order valence-corrected chi connectivity index (χ2v) is 8.14. The minimum atomic E-state index is -3.58. The Morgan fingerprint density at radius 3 is 2.39 bits per heavy atom. The lowest BCUT2D eigenvalue weighted by molar-refractivity contribution is -0.122. The topological polar surface area (TPSA) is 101 Å². The highest BCUT2D eigenvalue weighted by Crippen LogP contribution is 2.15. The van der Waals surface area contributed by atoms with Crippen molar-refractivity contribution in [1.29, 1.82) is 0 Å². The van der Waals surface area contributed by atoms with Crippen LogP contribution in [-0.4, -0.2) is 33.0 Å². The molecule has 6 nitrogen and oxygen atoms in total. The van der Waals surface area contributed by atoms with Crippen LogP contribution in [0.5, 0.6) is 0 Å². The predicted octanol–water partition coefficient (Wildman–Crippen LogP) is 1.23. The number of rotatable bonds is 9. The van der Waals surface area contributed by atoms with E-state index in [0.29, 0.717) is 12.5 Å². The number of hydrogen-bond acceptors (Lipinski definition) is 4. The number of nitrogens with one attached hydrogen (secondary N) is 2. The molecule has 0 aliphatic heterocycles. The Hall–Kier alpha value is -1.44. The van der Waals surface area contributed by atoms with E-state index in [4.69, 9.17) is 5.73 Å². The number of sulfonamides is 1. The van der Waals surface area contributed by atoms with Gasteiger partial charge in [0.25, 0.3) is 0 Å². The lowest BCUT2D eigenvalue weighted by Crippen LogP contribution is -2.52. The van der Waals surface area contributed by atoms with E-state index >= 15 is 0 Å². The van der Waals surface area contributed by atoms with Gasteiger partial charge in [-0.05, 0) is 31.4 Å². The van der Waals surface area contributed by atoms with Crippen molar-refractivity contribution in [2.75, 3.05) is 13.1 Å². The van der Waals surface area contributed by atoms with Gasteiger partial charge < -0.3 is 11.1 Å². The van der Waals surface area contributed by atoms with Gasteiger partial charge in [0.1, 0.15) is 0 Å². The van der Waals surface area contributed by atoms with Crippen molar-refractivity contribution in [3.05, 3.63) is 30.3 Å². The molecule has 0 spiro atoms. The van der Waals surface area contributed by atoms with Gasteiger partial charge in [-0.25, -0.2) is 13.1 Å². The Morgan fingerprint density at radius 2 is 1.87 bits per heavy atom. The van der Waals surface area contributed by atoms with E-state index in [1.54, 1.807) is 18.2 Å². The third-order valence-corrected chi connectivity index (χ3v) is 4.93. The molecule has 1 aromatic carbocycles. The van der Waals surface area contributed by atoms with E-state index in [2.05, 4.69) is 23.9 Å². The summed E-state index contributed by atoms with van der Waals surface area (Å²) in [5.74, 6) is 0.190. The molecular formula is C16H27N3O3S. The smallest absolute Gasteiger partial charge is 0.240 e. The van der Waals surface area contributed by atoms with Gasteiger partial charge in [-0.2, -0.15) is 0 Å². The standard InChI is InChI=1S/C16H27N3O3S/c1-13(2)11-16(3,12-17)19-15(20)9-10-18-23(21,22)14-7-5-4-6-8-14/h4-8,13,18H,9-12,17H2,1-3H3,(H,19,20). The highest BCUT2D eigenvalue weighted by molar-refractivity contribution is 7.89. The summed E-state index contributed by atoms with van der Waals surface area (Å²) < 4.78 is 26.5. The minimum Gasteiger partial charge on any atom is -0.350 e. The van der Waals surface area contributed by atoms with Crippen molar-refractivity contribution in [1.82, 2.24) is 10.0 Å². The van der Waals surface area contributed by atoms with Crippen molar-refractivity contribution in [2.24, 2.45) is 11.7 Å². The predicted molar refractivity (Wildman–Crippen MR) is 91.3 cm³/mol. The number of amides is 1. The van der Waals surface area contributed by atoms with Crippen LogP contribution >= 0.6 is 0 Å². The Morgan fingerprint density at radius 1 is 1.26 bits per heavy atom. The van der Waals surface area contributed by atoms with E-state index < -0.39 is 15.6 Å². The number of carbonyl (C=O) groups is 1. The molecule has 1 atom stereocenters. The molecule has 0 radical (unpaired) electrons. The zero-order valence-corrected chi connectivity index (χ0v) is 14.8. The summed E-state index contributed by atoms with van der Waals surface area (Å²) in [5.41, 5.74) is 5.28. The highest BCUT2D eigenvalue weighted by atomic mass is 32.2. The van der Waals surface area contributed by atoms with E-state index in [-0.39, 0.29) is 23.8 Å². The zero-order valence-electron chi connectivity index (χ0n) is 14.0. The third kappa shape index (κ3) is 6.68. The molecule has 0 bridgehead atoms. The summed E-state index contributed by atoms with van der Waals surface area (Å²) in [6, 6.07) is 8.07. The number of carbonyl (C=O) groups excluding carboxylic acids is 1. The molecule has 1 aromatic rings. The van der Waals surface area contributed by atoms with Crippen molar-refractivity contribution in [3.63, 3.8) is 0 Å². The van der Waals surface area contributed by atoms with Crippen LogP contribution in [0.4, 0.5) is 0 Å². The molecule has 0 fully saturated rings. The molecule has 1 amide bonds. The molecule has 0 aliphatic rings. The average molecular weight is 341 g/mol. The lowest BCUT2D eigenvalue weighted by atomic mass is 9.90. The Bertz CT molecular complexity index is 602. The normalized spacial score (nSPS) is 14.5. The molecule has 1 unspecified atom stereocenters. The summed E-state index contributed by atoms with van der Waals surface area (Å²) in [7, 11) is -3.58. The maximum Gasteiger partial charge on any atom is 0.240 e. The summed E-state index contributed by atoms with van der Waals surface area (Å²) in [5, 5.41) is 2.90. The number of benzene rings is 1. The van der Waals surface area contributed by atoms with Gasteiger partial charge >= 0.3 is 0 Å². The molecule has 0 saturated heterocycles. The second kappa shape index (κ2) is 8.42. The Kier molecular flexibility index (Phi) is 7.18. The van der Waals surface area contributed by atoms with Crippen LogP contribution in [0.25, 0.3) is 0 Å². The minimum absolute atomic E-state index is 0.0470. The van der Waals surface area contributed by atoms with Gasteiger partial charge in [0, 0.05) is 25.0 Å². The van der Waals surface area contributed by atoms with Crippen LogP contribution in [-0.2, 0) is 14.8 Å². The van der Waals surface area contributed by atoms with Gasteiger partial charge in [-0.15, -0.1) is 0 Å². The van der Waals surface area contributed by atoms with Crippen molar-refractivity contribution >= 4 is 15.9 Å². The number of nitrogens with two attached hydrogens (primary N) is 1. The Labute approximate surface area is 138 Å². The molecule has 1 rings (SSSR count). The molecule has 23 heavy (non-hydrogen) atoms. The second-order valence-electron chi connectivity index (χ2n) is 6.37. The lowest BCUT2D eigenvalue weighted by Gasteiger charge is -2.31. The van der Waals surface area contributed by atoms with Crippen LogP contribution in [0.15, 0.2) is 35.2 Å². The third-order valence-electron chi connectivity index (χ3n) is 3.45. The van der Waals surface area contributed by atoms with Crippen LogP contribution in [0.3, 0.4) is 0 Å². The van der Waals surface area contributed by atoms with E-state index in [1.807, 2.05) is 6.92 Å². The molecule has 0 aliphatic carbocycles. The summed E-state index contributed by atoms with van der Waals surface area (Å²) in [6.45, 7) is 6.42. The van der Waals surface area contributed by atoms with E-state index in [1.165, 1.54) is 12.1 Å². The van der Waals surface area contributed by atoms with Crippen molar-refractivity contribution in [2.45, 2.75) is 44.0 Å². The van der Waals surface area contributed by atoms with Crippen molar-refractivity contribution in [3.8, 4) is 0 Å². The molecule has 4 N–H and O–H groups in total. The van der Waals surface area contributed by atoms with Crippen LogP contribution in [0.2, 0.25) is 0 Å². The molecule has 0 aromatic heterocycles. The summed E-state index contributed by atoms with van der Waals surface area (Å²) >= 11 is 0. The van der Waals surface area contributed by atoms with Crippen LogP contribution < -0.4 is 15.8 Å². The first-order valence-corrected chi connectivity index (χ1v) is 9.22. The zero-order chi connectivity index (χ0) is 17.5. The highest BCUT2D eigenvalue weighted by Gasteiger charge is 2.25. The molecule has 0 saturated carbocycles. The first-order chi connectivity index (χ1) is 10.7. The van der Waals surface area contributed by atoms with Gasteiger partial charge in [0.15, 0.2) is 0 Å². The summed E-state index contributed by atoms with van der Waals surface area (Å²) in [6.07, 6.45) is 0.838. The van der Waals surface area contributed by atoms with Gasteiger partial charge in [-0.3, -0.25) is 4.79 Å². The fourth-order valence-electron chi connectivity index (χ4n) is 2.47. The maximum absolute atomic E-state index is 12.0. The molecular weight excluding hydrogens is 314 g/mol. The van der Waals surface area contributed by atoms with Crippen LogP contribution in [0.1, 0.15) is 33.6 Å². The maximum atomic E-state index is 12.0. The monoisotopic (exact) mass is 341 g/mol. The van der Waals surface area contributed by atoms with E-state index in [9.17, 15) is 13.2 Å².